The largest absolute Gasteiger partial charge is 0.381 e. The number of hydrogen-bond donors (Lipinski definition) is 1. The molecule has 0 bridgehead atoms. The zero-order valence-electron chi connectivity index (χ0n) is 9.84. The van der Waals surface area contributed by atoms with E-state index in [2.05, 4.69) is 10.3 Å². The van der Waals surface area contributed by atoms with Crippen LogP contribution in [0, 0.1) is 0 Å². The molecule has 0 aliphatic heterocycles. The molecule has 1 aromatic heterocycles. The van der Waals surface area contributed by atoms with E-state index in [4.69, 9.17) is 5.73 Å². The maximum absolute atomic E-state index is 11.6. The van der Waals surface area contributed by atoms with Gasteiger partial charge in [0.2, 0.25) is 0 Å². The number of nitrogens with two attached hydrogens (primary N) is 1. The summed E-state index contributed by atoms with van der Waals surface area (Å²) in [5, 5.41) is 7.19. The van der Waals surface area contributed by atoms with Crippen LogP contribution in [-0.2, 0) is 22.8 Å². The third kappa shape index (κ3) is 2.72. The monoisotopic (exact) mass is 246 g/mol. The summed E-state index contributed by atoms with van der Waals surface area (Å²) in [6.07, 6.45) is 0.695. The average Bonchev–Trinajstić information content (AvgIpc) is 2.56. The van der Waals surface area contributed by atoms with E-state index in [-0.39, 0.29) is 11.0 Å². The van der Waals surface area contributed by atoms with Crippen molar-refractivity contribution in [3.05, 3.63) is 5.69 Å². The second-order valence-electron chi connectivity index (χ2n) is 3.91. The number of aryl methyl sites for hydroxylation is 1. The van der Waals surface area contributed by atoms with Crippen LogP contribution in [-0.4, -0.2) is 34.4 Å². The molecule has 7 heteroatoms. The van der Waals surface area contributed by atoms with Gasteiger partial charge in [-0.3, -0.25) is 0 Å². The summed E-state index contributed by atoms with van der Waals surface area (Å²) in [7, 11) is -3.04. The molecule has 1 rings (SSSR count). The summed E-state index contributed by atoms with van der Waals surface area (Å²) in [6, 6.07) is 0. The first-order chi connectivity index (χ1) is 7.38. The molecule has 0 saturated heterocycles. The van der Waals surface area contributed by atoms with Crippen molar-refractivity contribution in [3.8, 4) is 0 Å². The summed E-state index contributed by atoms with van der Waals surface area (Å²) in [4.78, 5) is 0. The van der Waals surface area contributed by atoms with Crippen LogP contribution < -0.4 is 5.73 Å². The van der Waals surface area contributed by atoms with Crippen molar-refractivity contribution in [1.29, 1.82) is 0 Å². The van der Waals surface area contributed by atoms with Gasteiger partial charge in [0, 0.05) is 0 Å². The predicted molar refractivity (Wildman–Crippen MR) is 62.7 cm³/mol. The minimum absolute atomic E-state index is 0.0699. The second kappa shape index (κ2) is 4.82. The fraction of sp³-hybridized carbons (Fsp3) is 0.778. The number of nitrogen functional groups attached to an aromatic ring is 1. The molecule has 0 radical (unpaired) electrons. The lowest BCUT2D eigenvalue weighted by molar-refractivity contribution is 0.560. The first kappa shape index (κ1) is 13.0. The predicted octanol–water partition coefficient (Wildman–Crippen LogP) is 0.246. The van der Waals surface area contributed by atoms with Crippen molar-refractivity contribution in [3.63, 3.8) is 0 Å². The Balaban J connectivity index is 2.76. The molecule has 0 aromatic carbocycles. The molecule has 0 fully saturated rings. The Hall–Kier alpha value is -1.11. The number of aromatic nitrogens is 3. The van der Waals surface area contributed by atoms with Crippen LogP contribution in [0.25, 0.3) is 0 Å². The summed E-state index contributed by atoms with van der Waals surface area (Å²) in [5.74, 6) is 0.449. The van der Waals surface area contributed by atoms with Crippen LogP contribution in [0.3, 0.4) is 0 Å². The lowest BCUT2D eigenvalue weighted by Gasteiger charge is -2.08. The SMILES string of the molecule is CCc1c(N)nnn1CCS(=O)(=O)C(C)C. The maximum atomic E-state index is 11.6. The van der Waals surface area contributed by atoms with E-state index in [0.717, 1.165) is 5.69 Å². The Kier molecular flexibility index (Phi) is 3.90. The van der Waals surface area contributed by atoms with Crippen LogP contribution >= 0.6 is 0 Å². The fourth-order valence-electron chi connectivity index (χ4n) is 1.34. The minimum Gasteiger partial charge on any atom is -0.381 e. The average molecular weight is 246 g/mol. The first-order valence-electron chi connectivity index (χ1n) is 5.28. The smallest absolute Gasteiger partial charge is 0.169 e. The van der Waals surface area contributed by atoms with Crippen molar-refractivity contribution in [1.82, 2.24) is 15.0 Å². The van der Waals surface area contributed by atoms with Gasteiger partial charge in [0.15, 0.2) is 15.7 Å². The van der Waals surface area contributed by atoms with Gasteiger partial charge >= 0.3 is 0 Å². The summed E-state index contributed by atoms with van der Waals surface area (Å²) in [5.41, 5.74) is 6.40. The van der Waals surface area contributed by atoms with E-state index in [1.54, 1.807) is 18.5 Å². The number of sulfone groups is 1. The summed E-state index contributed by atoms with van der Waals surface area (Å²) >= 11 is 0. The second-order valence-corrected chi connectivity index (χ2v) is 6.59. The maximum Gasteiger partial charge on any atom is 0.169 e. The van der Waals surface area contributed by atoms with Gasteiger partial charge in [0.1, 0.15) is 0 Å². The molecule has 0 amide bonds. The molecule has 6 nitrogen and oxygen atoms in total. The highest BCUT2D eigenvalue weighted by Gasteiger charge is 2.17. The normalized spacial score (nSPS) is 12.2. The Bertz CT molecular complexity index is 450. The molecule has 1 aromatic rings. The van der Waals surface area contributed by atoms with Gasteiger partial charge in [-0.25, -0.2) is 13.1 Å². The van der Waals surface area contributed by atoms with Gasteiger partial charge in [-0.05, 0) is 20.3 Å². The van der Waals surface area contributed by atoms with Crippen molar-refractivity contribution in [2.75, 3.05) is 11.5 Å². The minimum atomic E-state index is -3.04. The van der Waals surface area contributed by atoms with Crippen molar-refractivity contribution in [2.24, 2.45) is 0 Å². The molecule has 92 valence electrons. The third-order valence-electron chi connectivity index (χ3n) is 2.51. The van der Waals surface area contributed by atoms with Crippen LogP contribution in [0.15, 0.2) is 0 Å². The molecule has 16 heavy (non-hydrogen) atoms. The lowest BCUT2D eigenvalue weighted by Crippen LogP contribution is -2.22. The van der Waals surface area contributed by atoms with E-state index in [0.29, 0.717) is 18.8 Å². The van der Waals surface area contributed by atoms with Crippen LogP contribution in [0.2, 0.25) is 0 Å². The van der Waals surface area contributed by atoms with Gasteiger partial charge < -0.3 is 5.73 Å². The highest BCUT2D eigenvalue weighted by atomic mass is 32.2. The first-order valence-corrected chi connectivity index (χ1v) is 6.99. The molecule has 0 atom stereocenters. The van der Waals surface area contributed by atoms with Gasteiger partial charge in [-0.2, -0.15) is 0 Å². The highest BCUT2D eigenvalue weighted by Crippen LogP contribution is 2.09. The van der Waals surface area contributed by atoms with E-state index in [1.165, 1.54) is 0 Å². The standard InChI is InChI=1S/C9H18N4O2S/c1-4-8-9(10)11-12-13(8)5-6-16(14,15)7(2)3/h7H,4-6,10H2,1-3H3. The lowest BCUT2D eigenvalue weighted by atomic mass is 10.3. The molecular weight excluding hydrogens is 228 g/mol. The zero-order valence-corrected chi connectivity index (χ0v) is 10.7. The van der Waals surface area contributed by atoms with E-state index in [1.807, 2.05) is 6.92 Å². The van der Waals surface area contributed by atoms with Crippen molar-refractivity contribution in [2.45, 2.75) is 39.0 Å². The van der Waals surface area contributed by atoms with Gasteiger partial charge in [0.25, 0.3) is 0 Å². The molecule has 2 N–H and O–H groups in total. The number of anilines is 1. The highest BCUT2D eigenvalue weighted by molar-refractivity contribution is 7.91. The molecule has 0 spiro atoms. The summed E-state index contributed by atoms with van der Waals surface area (Å²) < 4.78 is 24.8. The van der Waals surface area contributed by atoms with E-state index >= 15 is 0 Å². The Morgan fingerprint density at radius 1 is 1.44 bits per heavy atom. The fourth-order valence-corrected chi connectivity index (χ4v) is 2.24. The molecule has 0 saturated carbocycles. The molecule has 0 unspecified atom stereocenters. The molecular formula is C9H18N4O2S. The molecule has 0 aliphatic rings. The van der Waals surface area contributed by atoms with Gasteiger partial charge in [0.05, 0.1) is 23.2 Å². The van der Waals surface area contributed by atoms with E-state index in [9.17, 15) is 8.42 Å². The Labute approximate surface area is 95.7 Å². The number of hydrogen-bond acceptors (Lipinski definition) is 5. The van der Waals surface area contributed by atoms with Crippen molar-refractivity contribution < 1.29 is 8.42 Å². The molecule has 0 aliphatic carbocycles. The quantitative estimate of drug-likeness (QED) is 0.804. The summed E-state index contributed by atoms with van der Waals surface area (Å²) in [6.45, 7) is 5.59. The number of nitrogens with zero attached hydrogens (tertiary/aromatic N) is 3. The van der Waals surface area contributed by atoms with Crippen LogP contribution in [0.5, 0.6) is 0 Å². The Morgan fingerprint density at radius 2 is 2.06 bits per heavy atom. The van der Waals surface area contributed by atoms with Gasteiger partial charge in [-0.15, -0.1) is 5.10 Å². The Morgan fingerprint density at radius 3 is 2.56 bits per heavy atom. The number of rotatable bonds is 5. The van der Waals surface area contributed by atoms with Crippen LogP contribution in [0.4, 0.5) is 5.82 Å². The van der Waals surface area contributed by atoms with E-state index < -0.39 is 9.84 Å². The van der Waals surface area contributed by atoms with Crippen LogP contribution in [0.1, 0.15) is 26.5 Å². The van der Waals surface area contributed by atoms with Gasteiger partial charge in [-0.1, -0.05) is 12.1 Å². The van der Waals surface area contributed by atoms with Crippen molar-refractivity contribution >= 4 is 15.7 Å². The third-order valence-corrected chi connectivity index (χ3v) is 4.70. The zero-order chi connectivity index (χ0) is 12.3. The molecule has 1 heterocycles. The topological polar surface area (TPSA) is 90.9 Å².